The summed E-state index contributed by atoms with van der Waals surface area (Å²) in [5.74, 6) is 0.958. The van der Waals surface area contributed by atoms with E-state index in [-0.39, 0.29) is 0 Å². The van der Waals surface area contributed by atoms with E-state index in [1.165, 1.54) is 0 Å². The van der Waals surface area contributed by atoms with Crippen LogP contribution in [0.2, 0.25) is 0 Å². The molecule has 3 N–H and O–H groups in total. The van der Waals surface area contributed by atoms with E-state index in [1.807, 2.05) is 12.4 Å². The van der Waals surface area contributed by atoms with E-state index in [9.17, 15) is 0 Å². The number of aromatic nitrogens is 2. The van der Waals surface area contributed by atoms with Crippen LogP contribution in [0.25, 0.3) is 0 Å². The Morgan fingerprint density at radius 3 is 3.08 bits per heavy atom. The molecule has 0 aliphatic heterocycles. The van der Waals surface area contributed by atoms with Crippen LogP contribution in [0.15, 0.2) is 12.4 Å². The zero-order valence-corrected chi connectivity index (χ0v) is 8.16. The fourth-order valence-corrected chi connectivity index (χ4v) is 1.20. The molecule has 0 saturated carbocycles. The van der Waals surface area contributed by atoms with Gasteiger partial charge in [0.1, 0.15) is 0 Å². The van der Waals surface area contributed by atoms with Crippen LogP contribution in [0.3, 0.4) is 0 Å². The van der Waals surface area contributed by atoms with Gasteiger partial charge in [-0.1, -0.05) is 0 Å². The second kappa shape index (κ2) is 5.59. The Balaban J connectivity index is 2.27. The van der Waals surface area contributed by atoms with Crippen LogP contribution < -0.4 is 11.1 Å². The molecule has 0 unspecified atom stereocenters. The zero-order chi connectivity index (χ0) is 9.52. The van der Waals surface area contributed by atoms with Gasteiger partial charge in [0.05, 0.1) is 0 Å². The fraction of sp³-hybridized carbons (Fsp3) is 0.667. The predicted octanol–water partition coefficient (Wildman–Crippen LogP) is 1.05. The highest BCUT2D eigenvalue weighted by Crippen LogP contribution is 2.03. The van der Waals surface area contributed by atoms with E-state index in [2.05, 4.69) is 21.8 Å². The molecule has 0 bridgehead atoms. The summed E-state index contributed by atoms with van der Waals surface area (Å²) < 4.78 is 2.09. The summed E-state index contributed by atoms with van der Waals surface area (Å²) in [6, 6.07) is 0. The Labute approximate surface area is 79.1 Å². The van der Waals surface area contributed by atoms with Crippen molar-refractivity contribution in [3.05, 3.63) is 12.4 Å². The Morgan fingerprint density at radius 1 is 1.54 bits per heavy atom. The van der Waals surface area contributed by atoms with Crippen molar-refractivity contribution in [3.8, 4) is 0 Å². The number of hydrogen-bond donors (Lipinski definition) is 2. The maximum Gasteiger partial charge on any atom is 0.202 e. The molecular formula is C9H18N4. The van der Waals surface area contributed by atoms with Gasteiger partial charge in [0, 0.05) is 25.5 Å². The van der Waals surface area contributed by atoms with Crippen molar-refractivity contribution in [2.75, 3.05) is 18.4 Å². The molecular weight excluding hydrogens is 164 g/mol. The minimum atomic E-state index is 0.768. The van der Waals surface area contributed by atoms with Gasteiger partial charge in [-0.3, -0.25) is 0 Å². The summed E-state index contributed by atoms with van der Waals surface area (Å²) in [5.41, 5.74) is 5.40. The van der Waals surface area contributed by atoms with Crippen molar-refractivity contribution in [2.45, 2.75) is 26.3 Å². The van der Waals surface area contributed by atoms with Gasteiger partial charge in [-0.2, -0.15) is 0 Å². The van der Waals surface area contributed by atoms with Crippen molar-refractivity contribution in [1.82, 2.24) is 9.55 Å². The zero-order valence-electron chi connectivity index (χ0n) is 8.16. The average molecular weight is 182 g/mol. The number of nitrogens with two attached hydrogens (primary N) is 1. The van der Waals surface area contributed by atoms with Crippen LogP contribution in [0.4, 0.5) is 5.95 Å². The van der Waals surface area contributed by atoms with E-state index < -0.39 is 0 Å². The van der Waals surface area contributed by atoms with Crippen LogP contribution in [0.5, 0.6) is 0 Å². The molecule has 1 aromatic rings. The Hall–Kier alpha value is -1.03. The number of nitrogens with zero attached hydrogens (tertiary/aromatic N) is 2. The maximum atomic E-state index is 5.40. The molecule has 0 spiro atoms. The molecule has 1 rings (SSSR count). The first kappa shape index (κ1) is 10.1. The van der Waals surface area contributed by atoms with E-state index in [4.69, 9.17) is 5.73 Å². The predicted molar refractivity (Wildman–Crippen MR) is 54.7 cm³/mol. The van der Waals surface area contributed by atoms with Crippen LogP contribution >= 0.6 is 0 Å². The third-order valence-electron chi connectivity index (χ3n) is 1.97. The SMILES string of the molecule is CCn1ccnc1NCCCCN. The van der Waals surface area contributed by atoms with Crippen molar-refractivity contribution in [1.29, 1.82) is 0 Å². The highest BCUT2D eigenvalue weighted by Gasteiger charge is 1.97. The topological polar surface area (TPSA) is 55.9 Å². The normalized spacial score (nSPS) is 10.3. The first-order chi connectivity index (χ1) is 6.38. The molecule has 74 valence electrons. The summed E-state index contributed by atoms with van der Waals surface area (Å²) in [4.78, 5) is 4.21. The standard InChI is InChI=1S/C9H18N4/c1-2-13-8-7-12-9(13)11-6-4-3-5-10/h7-8H,2-6,10H2,1H3,(H,11,12). The minimum absolute atomic E-state index is 0.768. The molecule has 0 aromatic carbocycles. The van der Waals surface area contributed by atoms with Crippen LogP contribution in [0.1, 0.15) is 19.8 Å². The first-order valence-corrected chi connectivity index (χ1v) is 4.83. The van der Waals surface area contributed by atoms with Crippen molar-refractivity contribution in [3.63, 3.8) is 0 Å². The number of rotatable bonds is 6. The molecule has 1 aromatic heterocycles. The van der Waals surface area contributed by atoms with Gasteiger partial charge < -0.3 is 15.6 Å². The van der Waals surface area contributed by atoms with Gasteiger partial charge in [0.25, 0.3) is 0 Å². The molecule has 0 atom stereocenters. The summed E-state index contributed by atoms with van der Waals surface area (Å²) in [6.07, 6.45) is 5.97. The molecule has 0 radical (unpaired) electrons. The lowest BCUT2D eigenvalue weighted by Crippen LogP contribution is -2.09. The quantitative estimate of drug-likeness (QED) is 0.647. The molecule has 0 saturated heterocycles. The number of nitrogens with one attached hydrogen (secondary N) is 1. The van der Waals surface area contributed by atoms with Crippen LogP contribution in [-0.2, 0) is 6.54 Å². The summed E-state index contributed by atoms with van der Waals surface area (Å²) >= 11 is 0. The van der Waals surface area contributed by atoms with Crippen molar-refractivity contribution in [2.24, 2.45) is 5.73 Å². The number of aryl methyl sites for hydroxylation is 1. The lowest BCUT2D eigenvalue weighted by Gasteiger charge is -2.06. The second-order valence-electron chi connectivity index (χ2n) is 2.96. The lowest BCUT2D eigenvalue weighted by molar-refractivity contribution is 0.737. The van der Waals surface area contributed by atoms with Gasteiger partial charge >= 0.3 is 0 Å². The number of hydrogen-bond acceptors (Lipinski definition) is 3. The number of imidazole rings is 1. The Morgan fingerprint density at radius 2 is 2.38 bits per heavy atom. The largest absolute Gasteiger partial charge is 0.356 e. The lowest BCUT2D eigenvalue weighted by atomic mass is 10.3. The molecule has 0 aliphatic carbocycles. The van der Waals surface area contributed by atoms with Gasteiger partial charge in [0.2, 0.25) is 5.95 Å². The summed E-state index contributed by atoms with van der Waals surface area (Å²) in [5, 5.41) is 3.28. The van der Waals surface area contributed by atoms with Crippen molar-refractivity contribution >= 4 is 5.95 Å². The molecule has 4 heteroatoms. The van der Waals surface area contributed by atoms with Gasteiger partial charge in [-0.25, -0.2) is 4.98 Å². The highest BCUT2D eigenvalue weighted by atomic mass is 15.2. The molecule has 0 aliphatic rings. The molecule has 13 heavy (non-hydrogen) atoms. The van der Waals surface area contributed by atoms with Crippen LogP contribution in [0, 0.1) is 0 Å². The third kappa shape index (κ3) is 3.06. The summed E-state index contributed by atoms with van der Waals surface area (Å²) in [7, 11) is 0. The van der Waals surface area contributed by atoms with Gasteiger partial charge in [-0.05, 0) is 26.3 Å². The molecule has 4 nitrogen and oxygen atoms in total. The molecule has 0 amide bonds. The third-order valence-corrected chi connectivity index (χ3v) is 1.97. The molecule has 0 fully saturated rings. The summed E-state index contributed by atoms with van der Waals surface area (Å²) in [6.45, 7) is 4.78. The number of anilines is 1. The van der Waals surface area contributed by atoms with Gasteiger partial charge in [-0.15, -0.1) is 0 Å². The van der Waals surface area contributed by atoms with Gasteiger partial charge in [0.15, 0.2) is 0 Å². The number of unbranched alkanes of at least 4 members (excludes halogenated alkanes) is 1. The molecule has 1 heterocycles. The van der Waals surface area contributed by atoms with Crippen LogP contribution in [-0.4, -0.2) is 22.6 Å². The highest BCUT2D eigenvalue weighted by molar-refractivity contribution is 5.25. The van der Waals surface area contributed by atoms with E-state index in [0.29, 0.717) is 0 Å². The minimum Gasteiger partial charge on any atom is -0.356 e. The van der Waals surface area contributed by atoms with Crippen molar-refractivity contribution < 1.29 is 0 Å². The van der Waals surface area contributed by atoms with E-state index in [0.717, 1.165) is 38.4 Å². The Kier molecular flexibility index (Phi) is 4.32. The first-order valence-electron chi connectivity index (χ1n) is 4.83. The van der Waals surface area contributed by atoms with E-state index in [1.54, 1.807) is 0 Å². The maximum absolute atomic E-state index is 5.40. The monoisotopic (exact) mass is 182 g/mol. The Bertz CT molecular complexity index is 231. The smallest absolute Gasteiger partial charge is 0.202 e. The average Bonchev–Trinajstić information content (AvgIpc) is 2.60. The second-order valence-corrected chi connectivity index (χ2v) is 2.96. The van der Waals surface area contributed by atoms with E-state index >= 15 is 0 Å². The fourth-order valence-electron chi connectivity index (χ4n) is 1.20.